The monoisotopic (exact) mass is 264 g/mol. The maximum absolute atomic E-state index is 12.3. The molecule has 0 amide bonds. The average Bonchev–Trinajstić information content (AvgIpc) is 2.35. The fraction of sp³-hybridized carbons (Fsp3) is 0.733. The van der Waals surface area contributed by atoms with Crippen LogP contribution in [-0.4, -0.2) is 35.0 Å². The summed E-state index contributed by atoms with van der Waals surface area (Å²) < 4.78 is 5.74. The Morgan fingerprint density at radius 1 is 1.32 bits per heavy atom. The minimum Gasteiger partial charge on any atom is -0.377 e. The highest BCUT2D eigenvalue weighted by molar-refractivity contribution is 5.93. The second-order valence-electron chi connectivity index (χ2n) is 6.40. The van der Waals surface area contributed by atoms with Crippen LogP contribution in [0.3, 0.4) is 0 Å². The molecule has 0 bridgehead atoms. The van der Waals surface area contributed by atoms with Gasteiger partial charge in [0, 0.05) is 24.7 Å². The van der Waals surface area contributed by atoms with Gasteiger partial charge in [-0.2, -0.15) is 0 Å². The van der Waals surface area contributed by atoms with E-state index < -0.39 is 5.60 Å². The van der Waals surface area contributed by atoms with Crippen LogP contribution < -0.4 is 0 Å². The van der Waals surface area contributed by atoms with E-state index in [1.54, 1.807) is 0 Å². The Morgan fingerprint density at radius 3 is 2.68 bits per heavy atom. The van der Waals surface area contributed by atoms with Gasteiger partial charge in [0.1, 0.15) is 5.78 Å². The average molecular weight is 264 g/mol. The molecular formula is C15H20O4. The number of rotatable bonds is 0. The maximum Gasteiger partial charge on any atom is 0.169 e. The molecular weight excluding hydrogens is 244 g/mol. The van der Waals surface area contributed by atoms with Crippen molar-refractivity contribution in [3.05, 3.63) is 12.2 Å². The topological polar surface area (TPSA) is 63.6 Å². The van der Waals surface area contributed by atoms with Crippen LogP contribution in [0.2, 0.25) is 0 Å². The Labute approximate surface area is 112 Å². The van der Waals surface area contributed by atoms with Crippen molar-refractivity contribution in [3.63, 3.8) is 0 Å². The first-order valence-electron chi connectivity index (χ1n) is 6.95. The minimum atomic E-state index is -1.48. The third-order valence-corrected chi connectivity index (χ3v) is 5.39. The van der Waals surface area contributed by atoms with Gasteiger partial charge in [-0.3, -0.25) is 9.59 Å². The third kappa shape index (κ3) is 1.53. The zero-order chi connectivity index (χ0) is 13.9. The van der Waals surface area contributed by atoms with Gasteiger partial charge in [-0.1, -0.05) is 20.4 Å². The molecule has 0 radical (unpaired) electrons. The lowest BCUT2D eigenvalue weighted by Gasteiger charge is -2.56. The second kappa shape index (κ2) is 4.00. The molecule has 3 aliphatic rings. The van der Waals surface area contributed by atoms with Crippen molar-refractivity contribution >= 4 is 11.6 Å². The Hall–Kier alpha value is -1.00. The lowest BCUT2D eigenvalue weighted by Crippen LogP contribution is -2.67. The predicted molar refractivity (Wildman–Crippen MR) is 68.4 cm³/mol. The van der Waals surface area contributed by atoms with Gasteiger partial charge in [0.15, 0.2) is 11.4 Å². The van der Waals surface area contributed by atoms with E-state index in [9.17, 15) is 14.7 Å². The molecule has 19 heavy (non-hydrogen) atoms. The summed E-state index contributed by atoms with van der Waals surface area (Å²) in [6, 6.07) is 0. The standard InChI is InChI=1S/C15H20O4/c1-7-4-12(17)15(18)8(2)6-19-14-9(3)11(16)5-10(7)13(14)15/h7,9-10,13-14,18H,2,4-6H2,1,3H3. The van der Waals surface area contributed by atoms with E-state index in [0.717, 1.165) is 0 Å². The summed E-state index contributed by atoms with van der Waals surface area (Å²) in [5.41, 5.74) is -1.02. The van der Waals surface area contributed by atoms with Crippen LogP contribution in [-0.2, 0) is 14.3 Å². The van der Waals surface area contributed by atoms with Crippen LogP contribution in [0.1, 0.15) is 26.7 Å². The van der Waals surface area contributed by atoms with Crippen LogP contribution in [0.25, 0.3) is 0 Å². The largest absolute Gasteiger partial charge is 0.377 e. The molecule has 6 unspecified atom stereocenters. The molecule has 2 aliphatic carbocycles. The Balaban J connectivity index is 2.10. The smallest absolute Gasteiger partial charge is 0.169 e. The minimum absolute atomic E-state index is 0.0217. The summed E-state index contributed by atoms with van der Waals surface area (Å²) in [4.78, 5) is 24.4. The van der Waals surface area contributed by atoms with Crippen molar-refractivity contribution in [2.24, 2.45) is 23.7 Å². The number of carbonyl (C=O) groups is 2. The molecule has 6 atom stereocenters. The fourth-order valence-electron chi connectivity index (χ4n) is 4.16. The van der Waals surface area contributed by atoms with Gasteiger partial charge in [-0.05, 0) is 17.4 Å². The molecule has 1 aliphatic heterocycles. The van der Waals surface area contributed by atoms with E-state index in [2.05, 4.69) is 6.58 Å². The lowest BCUT2D eigenvalue weighted by atomic mass is 9.53. The summed E-state index contributed by atoms with van der Waals surface area (Å²) in [6.07, 6.45) is 0.411. The van der Waals surface area contributed by atoms with Gasteiger partial charge in [-0.15, -0.1) is 0 Å². The Kier molecular flexibility index (Phi) is 2.74. The zero-order valence-corrected chi connectivity index (χ0v) is 11.4. The maximum atomic E-state index is 12.3. The van der Waals surface area contributed by atoms with E-state index in [1.807, 2.05) is 13.8 Å². The van der Waals surface area contributed by atoms with Gasteiger partial charge in [0.2, 0.25) is 0 Å². The number of Topliss-reactive ketones (excluding diaryl/α,β-unsaturated/α-hetero) is 2. The SMILES string of the molecule is C=C1COC2C(C)C(=O)CC3C(C)CC(=O)C1(O)C32. The Morgan fingerprint density at radius 2 is 2.00 bits per heavy atom. The number of carbonyl (C=O) groups excluding carboxylic acids is 2. The highest BCUT2D eigenvalue weighted by Crippen LogP contribution is 2.53. The van der Waals surface area contributed by atoms with Crippen LogP contribution >= 0.6 is 0 Å². The first-order chi connectivity index (χ1) is 8.87. The van der Waals surface area contributed by atoms with E-state index in [1.165, 1.54) is 0 Å². The quantitative estimate of drug-likeness (QED) is 0.666. The molecule has 4 heteroatoms. The second-order valence-corrected chi connectivity index (χ2v) is 6.40. The highest BCUT2D eigenvalue weighted by atomic mass is 16.5. The number of aliphatic hydroxyl groups is 1. The molecule has 2 saturated carbocycles. The fourth-order valence-corrected chi connectivity index (χ4v) is 4.16. The van der Waals surface area contributed by atoms with Crippen molar-refractivity contribution in [1.82, 2.24) is 0 Å². The molecule has 1 saturated heterocycles. The van der Waals surface area contributed by atoms with Gasteiger partial charge >= 0.3 is 0 Å². The number of hydrogen-bond acceptors (Lipinski definition) is 4. The number of hydrogen-bond donors (Lipinski definition) is 1. The summed E-state index contributed by atoms with van der Waals surface area (Å²) in [7, 11) is 0. The van der Waals surface area contributed by atoms with Crippen LogP contribution in [0.15, 0.2) is 12.2 Å². The third-order valence-electron chi connectivity index (χ3n) is 5.39. The predicted octanol–water partition coefficient (Wildman–Crippen LogP) is 1.12. The van der Waals surface area contributed by atoms with Crippen molar-refractivity contribution in [2.45, 2.75) is 38.4 Å². The molecule has 0 aromatic heterocycles. The van der Waals surface area contributed by atoms with Crippen molar-refractivity contribution in [2.75, 3.05) is 6.61 Å². The molecule has 0 spiro atoms. The van der Waals surface area contributed by atoms with E-state index >= 15 is 0 Å². The molecule has 4 nitrogen and oxygen atoms in total. The molecule has 0 aromatic carbocycles. The van der Waals surface area contributed by atoms with Crippen molar-refractivity contribution < 1.29 is 19.4 Å². The van der Waals surface area contributed by atoms with Crippen LogP contribution in [0, 0.1) is 23.7 Å². The Bertz CT molecular complexity index is 467. The molecule has 3 fully saturated rings. The van der Waals surface area contributed by atoms with Gasteiger partial charge in [-0.25, -0.2) is 0 Å². The van der Waals surface area contributed by atoms with E-state index in [4.69, 9.17) is 4.74 Å². The lowest BCUT2D eigenvalue weighted by molar-refractivity contribution is -0.196. The van der Waals surface area contributed by atoms with Gasteiger partial charge in [0.05, 0.1) is 12.7 Å². The summed E-state index contributed by atoms with van der Waals surface area (Å²) in [5, 5.41) is 10.9. The first-order valence-corrected chi connectivity index (χ1v) is 6.95. The first kappa shape index (κ1) is 13.0. The van der Waals surface area contributed by atoms with Crippen molar-refractivity contribution in [1.29, 1.82) is 0 Å². The summed E-state index contributed by atoms with van der Waals surface area (Å²) in [5.74, 6) is -0.389. The normalized spacial score (nSPS) is 50.1. The number of ketones is 2. The zero-order valence-electron chi connectivity index (χ0n) is 11.4. The number of ether oxygens (including phenoxy) is 1. The molecule has 0 aromatic rings. The van der Waals surface area contributed by atoms with Crippen molar-refractivity contribution in [3.8, 4) is 0 Å². The molecule has 1 heterocycles. The highest BCUT2D eigenvalue weighted by Gasteiger charge is 2.62. The van der Waals surface area contributed by atoms with Gasteiger partial charge in [0.25, 0.3) is 0 Å². The summed E-state index contributed by atoms with van der Waals surface area (Å²) >= 11 is 0. The summed E-state index contributed by atoms with van der Waals surface area (Å²) in [6.45, 7) is 7.83. The van der Waals surface area contributed by atoms with Crippen LogP contribution in [0.4, 0.5) is 0 Å². The van der Waals surface area contributed by atoms with Crippen LogP contribution in [0.5, 0.6) is 0 Å². The van der Waals surface area contributed by atoms with E-state index in [-0.39, 0.29) is 47.9 Å². The van der Waals surface area contributed by atoms with Gasteiger partial charge < -0.3 is 9.84 Å². The molecule has 3 rings (SSSR count). The van der Waals surface area contributed by atoms with E-state index in [0.29, 0.717) is 18.4 Å². The molecule has 104 valence electrons. The molecule has 1 N–H and O–H groups in total.